The summed E-state index contributed by atoms with van der Waals surface area (Å²) in [6, 6.07) is 15.8. The van der Waals surface area contributed by atoms with Gasteiger partial charge in [0.25, 0.3) is 0 Å². The van der Waals surface area contributed by atoms with Gasteiger partial charge in [0.15, 0.2) is 0 Å². The lowest BCUT2D eigenvalue weighted by Gasteiger charge is -2.29. The zero-order valence-corrected chi connectivity index (χ0v) is 15.4. The third kappa shape index (κ3) is 4.63. The quantitative estimate of drug-likeness (QED) is 0.789. The fourth-order valence-corrected chi connectivity index (χ4v) is 3.02. The van der Waals surface area contributed by atoms with Crippen molar-refractivity contribution in [3.8, 4) is 5.75 Å². The molecule has 138 valence electrons. The topological polar surface area (TPSA) is 66.8 Å². The lowest BCUT2D eigenvalue weighted by atomic mass is 9.93. The molecule has 5 nitrogen and oxygen atoms in total. The summed E-state index contributed by atoms with van der Waals surface area (Å²) >= 11 is 0. The number of likely N-dealkylation sites (N-methyl/N-ethyl adjacent to an activating group) is 1. The predicted molar refractivity (Wildman–Crippen MR) is 100 cm³/mol. The number of amides is 1. The summed E-state index contributed by atoms with van der Waals surface area (Å²) in [5, 5.41) is 9.64. The van der Waals surface area contributed by atoms with Crippen molar-refractivity contribution in [1.82, 2.24) is 4.90 Å². The lowest BCUT2D eigenvalue weighted by molar-refractivity contribution is -0.149. The second-order valence-electron chi connectivity index (χ2n) is 6.23. The van der Waals surface area contributed by atoms with Gasteiger partial charge in [0.05, 0.1) is 13.0 Å². The summed E-state index contributed by atoms with van der Waals surface area (Å²) < 4.78 is 5.15. The van der Waals surface area contributed by atoms with E-state index in [0.717, 1.165) is 16.9 Å². The van der Waals surface area contributed by atoms with Gasteiger partial charge in [-0.2, -0.15) is 0 Å². The first kappa shape index (κ1) is 19.5. The van der Waals surface area contributed by atoms with Crippen molar-refractivity contribution in [2.45, 2.75) is 31.7 Å². The Balaban J connectivity index is 2.20. The lowest BCUT2D eigenvalue weighted by Crippen LogP contribution is -2.45. The van der Waals surface area contributed by atoms with Gasteiger partial charge in [0.2, 0.25) is 5.91 Å². The molecule has 0 saturated heterocycles. The monoisotopic (exact) mass is 355 g/mol. The minimum Gasteiger partial charge on any atom is -0.497 e. The molecule has 1 N–H and O–H groups in total. The molecule has 0 saturated carbocycles. The van der Waals surface area contributed by atoms with Gasteiger partial charge in [-0.05, 0) is 29.7 Å². The SMILES string of the molecule is CCC(C(=O)N(C)C(Cc1ccccc1)C(=O)O)c1ccc(OC)cc1. The Morgan fingerprint density at radius 1 is 1.08 bits per heavy atom. The van der Waals surface area contributed by atoms with E-state index in [1.54, 1.807) is 14.2 Å². The molecule has 1 amide bonds. The normalized spacial score (nSPS) is 12.9. The van der Waals surface area contributed by atoms with Crippen molar-refractivity contribution >= 4 is 11.9 Å². The number of rotatable bonds is 8. The number of carbonyl (C=O) groups is 2. The van der Waals surface area contributed by atoms with Crippen molar-refractivity contribution in [1.29, 1.82) is 0 Å². The van der Waals surface area contributed by atoms with E-state index < -0.39 is 12.0 Å². The first-order valence-electron chi connectivity index (χ1n) is 8.65. The maximum Gasteiger partial charge on any atom is 0.326 e. The van der Waals surface area contributed by atoms with Crippen LogP contribution in [0.25, 0.3) is 0 Å². The summed E-state index contributed by atoms with van der Waals surface area (Å²) in [6.45, 7) is 1.92. The van der Waals surface area contributed by atoms with Crippen LogP contribution in [-0.4, -0.2) is 42.1 Å². The first-order chi connectivity index (χ1) is 12.5. The van der Waals surface area contributed by atoms with Crippen LogP contribution in [-0.2, 0) is 16.0 Å². The molecule has 0 aliphatic rings. The fourth-order valence-electron chi connectivity index (χ4n) is 3.02. The molecule has 2 unspecified atom stereocenters. The second-order valence-corrected chi connectivity index (χ2v) is 6.23. The average molecular weight is 355 g/mol. The highest BCUT2D eigenvalue weighted by Gasteiger charge is 2.31. The highest BCUT2D eigenvalue weighted by atomic mass is 16.5. The Hall–Kier alpha value is -2.82. The summed E-state index contributed by atoms with van der Waals surface area (Å²) in [7, 11) is 3.16. The molecule has 0 aliphatic carbocycles. The molecule has 2 aromatic carbocycles. The third-order valence-electron chi connectivity index (χ3n) is 4.60. The maximum absolute atomic E-state index is 13.0. The molecule has 26 heavy (non-hydrogen) atoms. The van der Waals surface area contributed by atoms with Crippen LogP contribution in [0.1, 0.15) is 30.4 Å². The van der Waals surface area contributed by atoms with E-state index in [2.05, 4.69) is 0 Å². The van der Waals surface area contributed by atoms with E-state index in [4.69, 9.17) is 4.74 Å². The molecule has 0 aliphatic heterocycles. The number of ether oxygens (including phenoxy) is 1. The Morgan fingerprint density at radius 3 is 2.19 bits per heavy atom. The van der Waals surface area contributed by atoms with Gasteiger partial charge in [-0.15, -0.1) is 0 Å². The van der Waals surface area contributed by atoms with Crippen LogP contribution in [0.3, 0.4) is 0 Å². The number of benzene rings is 2. The van der Waals surface area contributed by atoms with E-state index in [-0.39, 0.29) is 18.2 Å². The van der Waals surface area contributed by atoms with Crippen molar-refractivity contribution < 1.29 is 19.4 Å². The second kappa shape index (κ2) is 9.04. The van der Waals surface area contributed by atoms with E-state index in [1.165, 1.54) is 4.90 Å². The van der Waals surface area contributed by atoms with Crippen LogP contribution < -0.4 is 4.74 Å². The molecule has 0 aromatic heterocycles. The van der Waals surface area contributed by atoms with Crippen LogP contribution in [0.5, 0.6) is 5.75 Å². The van der Waals surface area contributed by atoms with Gasteiger partial charge >= 0.3 is 5.97 Å². The van der Waals surface area contributed by atoms with E-state index in [9.17, 15) is 14.7 Å². The van der Waals surface area contributed by atoms with E-state index >= 15 is 0 Å². The third-order valence-corrected chi connectivity index (χ3v) is 4.60. The van der Waals surface area contributed by atoms with Crippen LogP contribution in [0.15, 0.2) is 54.6 Å². The van der Waals surface area contributed by atoms with Crippen LogP contribution in [0.2, 0.25) is 0 Å². The fraction of sp³-hybridized carbons (Fsp3) is 0.333. The summed E-state index contributed by atoms with van der Waals surface area (Å²) in [4.78, 5) is 26.1. The smallest absolute Gasteiger partial charge is 0.326 e. The van der Waals surface area contributed by atoms with Gasteiger partial charge in [-0.1, -0.05) is 49.4 Å². The Kier molecular flexibility index (Phi) is 6.78. The Bertz CT molecular complexity index is 727. The number of carboxylic acids is 1. The number of carboxylic acid groups (broad SMARTS) is 1. The van der Waals surface area contributed by atoms with Crippen molar-refractivity contribution in [3.05, 3.63) is 65.7 Å². The number of aliphatic carboxylic acids is 1. The summed E-state index contributed by atoms with van der Waals surface area (Å²) in [5.41, 5.74) is 1.74. The van der Waals surface area contributed by atoms with Crippen LogP contribution in [0.4, 0.5) is 0 Å². The van der Waals surface area contributed by atoms with Gasteiger partial charge in [-0.25, -0.2) is 4.79 Å². The minimum atomic E-state index is -1.01. The molecule has 0 fully saturated rings. The summed E-state index contributed by atoms with van der Waals surface area (Å²) in [5.74, 6) is -0.865. The number of hydrogen-bond donors (Lipinski definition) is 1. The van der Waals surface area contributed by atoms with Crippen molar-refractivity contribution in [2.75, 3.05) is 14.2 Å². The average Bonchev–Trinajstić information content (AvgIpc) is 2.67. The predicted octanol–water partition coefficient (Wildman–Crippen LogP) is 3.34. The molecule has 2 atom stereocenters. The van der Waals surface area contributed by atoms with Crippen LogP contribution in [0, 0.1) is 0 Å². The van der Waals surface area contributed by atoms with Crippen molar-refractivity contribution in [3.63, 3.8) is 0 Å². The zero-order valence-electron chi connectivity index (χ0n) is 15.4. The molecular weight excluding hydrogens is 330 g/mol. The van der Waals surface area contributed by atoms with Gasteiger partial charge in [0.1, 0.15) is 11.8 Å². The molecule has 0 spiro atoms. The Morgan fingerprint density at radius 2 is 1.69 bits per heavy atom. The maximum atomic E-state index is 13.0. The number of hydrogen-bond acceptors (Lipinski definition) is 3. The molecule has 0 heterocycles. The zero-order chi connectivity index (χ0) is 19.1. The van der Waals surface area contributed by atoms with Crippen molar-refractivity contribution in [2.24, 2.45) is 0 Å². The molecule has 0 bridgehead atoms. The molecular formula is C21H25NO4. The van der Waals surface area contributed by atoms with Gasteiger partial charge in [-0.3, -0.25) is 4.79 Å². The highest BCUT2D eigenvalue weighted by Crippen LogP contribution is 2.25. The molecule has 2 rings (SSSR count). The molecule has 5 heteroatoms. The van der Waals surface area contributed by atoms with Gasteiger partial charge < -0.3 is 14.7 Å². The number of methoxy groups -OCH3 is 1. The number of carbonyl (C=O) groups excluding carboxylic acids is 1. The van der Waals surface area contributed by atoms with Gasteiger partial charge in [0, 0.05) is 13.5 Å². The standard InChI is InChI=1S/C21H25NO4/c1-4-18(16-10-12-17(26-3)13-11-16)20(23)22(2)19(21(24)25)14-15-8-6-5-7-9-15/h5-13,18-19H,4,14H2,1-3H3,(H,24,25). The van der Waals surface area contributed by atoms with E-state index in [0.29, 0.717) is 6.42 Å². The molecule has 0 radical (unpaired) electrons. The highest BCUT2D eigenvalue weighted by molar-refractivity contribution is 5.88. The summed E-state index contributed by atoms with van der Waals surface area (Å²) in [6.07, 6.45) is 0.866. The Labute approximate surface area is 154 Å². The minimum absolute atomic E-state index is 0.194. The van der Waals surface area contributed by atoms with E-state index in [1.807, 2.05) is 61.5 Å². The largest absolute Gasteiger partial charge is 0.497 e. The first-order valence-corrected chi connectivity index (χ1v) is 8.65. The molecule has 2 aromatic rings. The van der Waals surface area contributed by atoms with Crippen LogP contribution >= 0.6 is 0 Å². The number of nitrogens with zero attached hydrogens (tertiary/aromatic N) is 1.